The third-order valence-corrected chi connectivity index (χ3v) is 3.53. The van der Waals surface area contributed by atoms with Gasteiger partial charge >= 0.3 is 6.55 Å². The molecule has 0 radical (unpaired) electrons. The fourth-order valence-corrected chi connectivity index (χ4v) is 2.44. The van der Waals surface area contributed by atoms with Crippen LogP contribution in [0, 0.1) is 10.1 Å². The third kappa shape index (κ3) is 2.87. The normalized spacial score (nSPS) is 12.5. The van der Waals surface area contributed by atoms with Crippen LogP contribution in [0.25, 0.3) is 11.0 Å². The summed E-state index contributed by atoms with van der Waals surface area (Å²) >= 11 is 0. The Hall–Kier alpha value is -3.10. The van der Waals surface area contributed by atoms with Gasteiger partial charge in [-0.25, -0.2) is 9.97 Å². The zero-order valence-corrected chi connectivity index (χ0v) is 12.6. The molecule has 0 amide bonds. The average molecular weight is 333 g/mol. The van der Waals surface area contributed by atoms with Crippen molar-refractivity contribution >= 4 is 22.5 Å². The number of nitrogens with one attached hydrogen (secondary N) is 1. The van der Waals surface area contributed by atoms with E-state index in [4.69, 9.17) is 0 Å². The van der Waals surface area contributed by atoms with E-state index < -0.39 is 17.5 Å². The van der Waals surface area contributed by atoms with Crippen LogP contribution in [0.15, 0.2) is 42.6 Å². The maximum absolute atomic E-state index is 13.4. The van der Waals surface area contributed by atoms with Gasteiger partial charge in [-0.15, -0.1) is 0 Å². The van der Waals surface area contributed by atoms with E-state index >= 15 is 0 Å². The third-order valence-electron chi connectivity index (χ3n) is 3.53. The monoisotopic (exact) mass is 333 g/mol. The van der Waals surface area contributed by atoms with Gasteiger partial charge in [-0.1, -0.05) is 12.1 Å². The minimum atomic E-state index is -2.73. The number of nitrogens with zero attached hydrogens (tertiary/aromatic N) is 4. The van der Waals surface area contributed by atoms with Gasteiger partial charge in [0.25, 0.3) is 5.69 Å². The van der Waals surface area contributed by atoms with E-state index in [0.29, 0.717) is 16.9 Å². The number of anilines is 1. The van der Waals surface area contributed by atoms with Crippen molar-refractivity contribution in [1.82, 2.24) is 14.5 Å². The van der Waals surface area contributed by atoms with E-state index in [1.807, 2.05) is 0 Å². The predicted octanol–water partition coefficient (Wildman–Crippen LogP) is 3.91. The van der Waals surface area contributed by atoms with Crippen molar-refractivity contribution in [3.63, 3.8) is 0 Å². The molecule has 2 aromatic heterocycles. The largest absolute Gasteiger partial charge is 0.360 e. The molecule has 7 nitrogen and oxygen atoms in total. The fourth-order valence-electron chi connectivity index (χ4n) is 2.44. The van der Waals surface area contributed by atoms with Gasteiger partial charge in [-0.3, -0.25) is 14.7 Å². The minimum absolute atomic E-state index is 0.145. The Morgan fingerprint density at radius 1 is 1.25 bits per heavy atom. The number of aromatic nitrogens is 3. The van der Waals surface area contributed by atoms with Gasteiger partial charge < -0.3 is 5.32 Å². The van der Waals surface area contributed by atoms with Crippen LogP contribution < -0.4 is 5.32 Å². The van der Waals surface area contributed by atoms with Crippen molar-refractivity contribution < 1.29 is 13.7 Å². The quantitative estimate of drug-likeness (QED) is 0.565. The Labute approximate surface area is 135 Å². The average Bonchev–Trinajstić information content (AvgIpc) is 2.95. The predicted molar refractivity (Wildman–Crippen MR) is 83.9 cm³/mol. The van der Waals surface area contributed by atoms with Gasteiger partial charge in [0.15, 0.2) is 0 Å². The molecule has 1 N–H and O–H groups in total. The SMILES string of the molecule is CC(Nc1ccc([N+](=O)[O-])cn1)c1nc2ccccc2n1C(F)F. The smallest absolute Gasteiger partial charge is 0.320 e. The molecular formula is C15H13F2N5O2. The Balaban J connectivity index is 1.92. The summed E-state index contributed by atoms with van der Waals surface area (Å²) in [6, 6.07) is 8.78. The number of nitro groups is 1. The minimum Gasteiger partial charge on any atom is -0.360 e. The summed E-state index contributed by atoms with van der Waals surface area (Å²) in [6.45, 7) is -1.06. The molecule has 0 aliphatic rings. The molecular weight excluding hydrogens is 320 g/mol. The number of fused-ring (bicyclic) bond motifs is 1. The highest BCUT2D eigenvalue weighted by Crippen LogP contribution is 2.28. The van der Waals surface area contributed by atoms with Gasteiger partial charge in [-0.2, -0.15) is 8.78 Å². The van der Waals surface area contributed by atoms with E-state index in [1.54, 1.807) is 31.2 Å². The van der Waals surface area contributed by atoms with E-state index in [0.717, 1.165) is 10.8 Å². The van der Waals surface area contributed by atoms with Crippen LogP contribution in [0.5, 0.6) is 0 Å². The van der Waals surface area contributed by atoms with Crippen molar-refractivity contribution in [3.8, 4) is 0 Å². The maximum Gasteiger partial charge on any atom is 0.320 e. The van der Waals surface area contributed by atoms with Gasteiger partial charge in [0.1, 0.15) is 17.8 Å². The summed E-state index contributed by atoms with van der Waals surface area (Å²) in [5.74, 6) is 0.493. The highest BCUT2D eigenvalue weighted by Gasteiger charge is 2.22. The highest BCUT2D eigenvalue weighted by molar-refractivity contribution is 5.76. The standard InChI is InChI=1S/C15H13F2N5O2/c1-9(19-13-7-6-10(8-18-13)22(23)24)14-20-11-4-2-3-5-12(11)21(14)15(16)17/h2-9,15H,1H3,(H,18,19). The molecule has 1 aromatic carbocycles. The summed E-state index contributed by atoms with van der Waals surface area (Å²) in [4.78, 5) is 18.2. The Morgan fingerprint density at radius 2 is 2.00 bits per heavy atom. The Kier molecular flexibility index (Phi) is 4.07. The molecule has 1 atom stereocenters. The van der Waals surface area contributed by atoms with E-state index in [-0.39, 0.29) is 11.5 Å². The van der Waals surface area contributed by atoms with Gasteiger partial charge in [-0.05, 0) is 25.1 Å². The first-order chi connectivity index (χ1) is 11.5. The number of pyridine rings is 1. The van der Waals surface area contributed by atoms with Crippen LogP contribution in [-0.2, 0) is 0 Å². The molecule has 0 saturated heterocycles. The van der Waals surface area contributed by atoms with Crippen molar-refractivity contribution in [2.45, 2.75) is 19.5 Å². The maximum atomic E-state index is 13.4. The summed E-state index contributed by atoms with van der Waals surface area (Å²) in [5.41, 5.74) is 0.666. The van der Waals surface area contributed by atoms with Crippen molar-refractivity contribution in [2.24, 2.45) is 0 Å². The first-order valence-corrected chi connectivity index (χ1v) is 7.09. The van der Waals surface area contributed by atoms with E-state index in [9.17, 15) is 18.9 Å². The molecule has 0 saturated carbocycles. The van der Waals surface area contributed by atoms with Crippen molar-refractivity contribution in [1.29, 1.82) is 0 Å². The lowest BCUT2D eigenvalue weighted by atomic mass is 10.3. The fraction of sp³-hybridized carbons (Fsp3) is 0.200. The number of imidazole rings is 1. The van der Waals surface area contributed by atoms with E-state index in [2.05, 4.69) is 15.3 Å². The van der Waals surface area contributed by atoms with Crippen LogP contribution in [0.4, 0.5) is 20.3 Å². The molecule has 1 unspecified atom stereocenters. The second-order valence-corrected chi connectivity index (χ2v) is 5.13. The van der Waals surface area contributed by atoms with Crippen molar-refractivity contribution in [3.05, 3.63) is 58.5 Å². The number of halogens is 2. The first kappa shape index (κ1) is 15.8. The molecule has 0 aliphatic heterocycles. The molecule has 0 spiro atoms. The van der Waals surface area contributed by atoms with Crippen LogP contribution in [-0.4, -0.2) is 19.5 Å². The molecule has 0 bridgehead atoms. The topological polar surface area (TPSA) is 85.9 Å². The van der Waals surface area contributed by atoms with Crippen LogP contribution >= 0.6 is 0 Å². The number of hydrogen-bond acceptors (Lipinski definition) is 5. The number of rotatable bonds is 5. The zero-order chi connectivity index (χ0) is 17.3. The summed E-state index contributed by atoms with van der Waals surface area (Å²) in [6.07, 6.45) is 1.10. The van der Waals surface area contributed by atoms with Crippen molar-refractivity contribution in [2.75, 3.05) is 5.32 Å². The number of para-hydroxylation sites is 2. The number of hydrogen-bond donors (Lipinski definition) is 1. The Bertz CT molecular complexity index is 879. The molecule has 3 rings (SSSR count). The van der Waals surface area contributed by atoms with Gasteiger partial charge in [0, 0.05) is 6.07 Å². The van der Waals surface area contributed by atoms with Crippen LogP contribution in [0.3, 0.4) is 0 Å². The summed E-state index contributed by atoms with van der Waals surface area (Å²) < 4.78 is 27.7. The lowest BCUT2D eigenvalue weighted by molar-refractivity contribution is -0.385. The highest BCUT2D eigenvalue weighted by atomic mass is 19.3. The summed E-state index contributed by atoms with van der Waals surface area (Å²) in [7, 11) is 0. The lowest BCUT2D eigenvalue weighted by Crippen LogP contribution is -2.15. The molecule has 0 aliphatic carbocycles. The van der Waals surface area contributed by atoms with Crippen LogP contribution in [0.2, 0.25) is 0 Å². The molecule has 0 fully saturated rings. The van der Waals surface area contributed by atoms with Gasteiger partial charge in [0.05, 0.1) is 22.0 Å². The second-order valence-electron chi connectivity index (χ2n) is 5.13. The molecule has 24 heavy (non-hydrogen) atoms. The number of benzene rings is 1. The number of alkyl halides is 2. The van der Waals surface area contributed by atoms with Crippen LogP contribution in [0.1, 0.15) is 25.3 Å². The molecule has 124 valence electrons. The molecule has 2 heterocycles. The molecule has 9 heteroatoms. The first-order valence-electron chi connectivity index (χ1n) is 7.09. The summed E-state index contributed by atoms with van der Waals surface area (Å²) in [5, 5.41) is 13.6. The van der Waals surface area contributed by atoms with Gasteiger partial charge in [0.2, 0.25) is 0 Å². The molecule has 3 aromatic rings. The zero-order valence-electron chi connectivity index (χ0n) is 12.6. The second kappa shape index (κ2) is 6.19. The lowest BCUT2D eigenvalue weighted by Gasteiger charge is -2.16. The Morgan fingerprint density at radius 3 is 2.62 bits per heavy atom. The van der Waals surface area contributed by atoms with E-state index in [1.165, 1.54) is 12.1 Å².